The molecule has 0 spiro atoms. The van der Waals surface area contributed by atoms with Gasteiger partial charge in [0.25, 0.3) is 0 Å². The molecule has 0 amide bonds. The smallest absolute Gasteiger partial charge is 0.317 e. The first kappa shape index (κ1) is 28.5. The van der Waals surface area contributed by atoms with Crippen LogP contribution < -0.4 is 0 Å². The van der Waals surface area contributed by atoms with Crippen LogP contribution in [0.1, 0.15) is 39.5 Å². The highest BCUT2D eigenvalue weighted by Gasteiger charge is 2.43. The Bertz CT molecular complexity index is 684. The van der Waals surface area contributed by atoms with Crippen molar-refractivity contribution in [2.45, 2.75) is 45.1 Å². The Kier molecular flexibility index (Phi) is 11.4. The highest BCUT2D eigenvalue weighted by atomic mass is 16.4. The third-order valence-corrected chi connectivity index (χ3v) is 5.77. The number of ketones is 1. The number of rotatable bonds is 15. The van der Waals surface area contributed by atoms with Crippen LogP contribution in [-0.4, -0.2) is 123 Å². The van der Waals surface area contributed by atoms with Crippen molar-refractivity contribution < 1.29 is 44.4 Å². The van der Waals surface area contributed by atoms with Gasteiger partial charge in [-0.05, 0) is 12.8 Å². The van der Waals surface area contributed by atoms with Gasteiger partial charge in [-0.25, -0.2) is 0 Å². The molecule has 12 heteroatoms. The number of Topliss-reactive ketones (excluding diaryl/α,β-unsaturated/α-hetero) is 1. The Balaban J connectivity index is 3.31. The quantitative estimate of drug-likeness (QED) is 0.230. The fourth-order valence-corrected chi connectivity index (χ4v) is 4.25. The maximum atomic E-state index is 12.0. The number of carbonyl (C=O) groups excluding carboxylic acids is 1. The number of aliphatic carboxylic acids is 4. The van der Waals surface area contributed by atoms with Crippen LogP contribution in [0.2, 0.25) is 0 Å². The summed E-state index contributed by atoms with van der Waals surface area (Å²) < 4.78 is 0. The standard InChI is InChI=1S/C21H35N3O9/c1-15(2)16(25)5-3-4-6-21(24(11-19(30)31)12-20(32)33)13-22(9-17(26)27)7-8-23(14-21)10-18(28)29/h15H,3-14H2,1-2H3,(H,26,27)(H,28,29)(H,30,31)(H,32,33). The van der Waals surface area contributed by atoms with Crippen LogP contribution in [-0.2, 0) is 24.0 Å². The highest BCUT2D eigenvalue weighted by Crippen LogP contribution is 2.28. The van der Waals surface area contributed by atoms with Crippen LogP contribution in [0.3, 0.4) is 0 Å². The minimum Gasteiger partial charge on any atom is -0.480 e. The fourth-order valence-electron chi connectivity index (χ4n) is 4.25. The molecule has 1 saturated heterocycles. The van der Waals surface area contributed by atoms with E-state index in [0.29, 0.717) is 19.3 Å². The number of hydrogen-bond acceptors (Lipinski definition) is 8. The molecule has 1 heterocycles. The molecule has 12 nitrogen and oxygen atoms in total. The van der Waals surface area contributed by atoms with Gasteiger partial charge in [0, 0.05) is 44.1 Å². The Morgan fingerprint density at radius 1 is 0.788 bits per heavy atom. The average molecular weight is 474 g/mol. The van der Waals surface area contributed by atoms with Crippen molar-refractivity contribution in [1.82, 2.24) is 14.7 Å². The molecule has 0 atom stereocenters. The lowest BCUT2D eigenvalue weighted by atomic mass is 9.87. The Hall–Kier alpha value is -2.57. The van der Waals surface area contributed by atoms with E-state index in [1.165, 1.54) is 4.90 Å². The lowest BCUT2D eigenvalue weighted by Crippen LogP contribution is -2.62. The lowest BCUT2D eigenvalue weighted by molar-refractivity contribution is -0.148. The molecule has 0 bridgehead atoms. The van der Waals surface area contributed by atoms with E-state index in [0.717, 1.165) is 0 Å². The third kappa shape index (κ3) is 10.3. The second-order valence-electron chi connectivity index (χ2n) is 8.90. The first-order valence-electron chi connectivity index (χ1n) is 10.9. The molecule has 0 aromatic heterocycles. The number of nitrogens with zero attached hydrogens (tertiary/aromatic N) is 3. The number of carboxylic acids is 4. The lowest BCUT2D eigenvalue weighted by Gasteiger charge is -2.45. The summed E-state index contributed by atoms with van der Waals surface area (Å²) in [6, 6.07) is 0. The maximum absolute atomic E-state index is 12.0. The molecule has 0 aromatic rings. The highest BCUT2D eigenvalue weighted by molar-refractivity contribution is 5.80. The molecule has 0 aliphatic carbocycles. The molecule has 1 aliphatic rings. The average Bonchev–Trinajstić information content (AvgIpc) is 2.82. The SMILES string of the molecule is CC(C)C(=O)CCCCC1(N(CC(=O)O)CC(=O)O)CN(CC(=O)O)CCN(CC(=O)O)C1. The predicted molar refractivity (Wildman–Crippen MR) is 116 cm³/mol. The third-order valence-electron chi connectivity index (χ3n) is 5.77. The molecule has 1 fully saturated rings. The summed E-state index contributed by atoms with van der Waals surface area (Å²) in [4.78, 5) is 62.4. The second-order valence-corrected chi connectivity index (χ2v) is 8.90. The molecule has 0 radical (unpaired) electrons. The van der Waals surface area contributed by atoms with Gasteiger partial charge in [0.2, 0.25) is 0 Å². The molecular weight excluding hydrogens is 438 g/mol. The van der Waals surface area contributed by atoms with Crippen molar-refractivity contribution in [2.24, 2.45) is 5.92 Å². The summed E-state index contributed by atoms with van der Waals surface area (Å²) in [6.45, 7) is 2.31. The van der Waals surface area contributed by atoms with Crippen LogP contribution in [0.15, 0.2) is 0 Å². The molecule has 33 heavy (non-hydrogen) atoms. The predicted octanol–water partition coefficient (Wildman–Crippen LogP) is -0.231. The molecule has 0 aromatic carbocycles. The van der Waals surface area contributed by atoms with Crippen LogP contribution in [0, 0.1) is 5.92 Å². The summed E-state index contributed by atoms with van der Waals surface area (Å²) in [5, 5.41) is 37.5. The van der Waals surface area contributed by atoms with Gasteiger partial charge in [-0.3, -0.25) is 38.7 Å². The van der Waals surface area contributed by atoms with Gasteiger partial charge in [0.1, 0.15) is 5.78 Å². The summed E-state index contributed by atoms with van der Waals surface area (Å²) in [7, 11) is 0. The van der Waals surface area contributed by atoms with Crippen LogP contribution in [0.25, 0.3) is 0 Å². The minimum atomic E-state index is -1.25. The minimum absolute atomic E-state index is 0.0636. The van der Waals surface area contributed by atoms with Gasteiger partial charge in [0.15, 0.2) is 0 Å². The number of carboxylic acid groups (broad SMARTS) is 4. The van der Waals surface area contributed by atoms with Crippen LogP contribution in [0.4, 0.5) is 0 Å². The fraction of sp³-hybridized carbons (Fsp3) is 0.762. The van der Waals surface area contributed by atoms with Gasteiger partial charge in [-0.15, -0.1) is 0 Å². The van der Waals surface area contributed by atoms with Gasteiger partial charge >= 0.3 is 23.9 Å². The summed E-state index contributed by atoms with van der Waals surface area (Å²) in [6.07, 6.45) is 1.58. The maximum Gasteiger partial charge on any atom is 0.317 e. The molecular formula is C21H35N3O9. The van der Waals surface area contributed by atoms with E-state index in [1.807, 2.05) is 0 Å². The van der Waals surface area contributed by atoms with Gasteiger partial charge in [-0.1, -0.05) is 20.3 Å². The van der Waals surface area contributed by atoms with Crippen molar-refractivity contribution in [3.63, 3.8) is 0 Å². The van der Waals surface area contributed by atoms with Crippen molar-refractivity contribution in [3.05, 3.63) is 0 Å². The zero-order chi connectivity index (χ0) is 25.2. The summed E-state index contributed by atoms with van der Waals surface area (Å²) >= 11 is 0. The number of hydrogen-bond donors (Lipinski definition) is 4. The van der Waals surface area contributed by atoms with Crippen molar-refractivity contribution >= 4 is 29.7 Å². The number of unbranched alkanes of at least 4 members (excludes halogenated alkanes) is 1. The van der Waals surface area contributed by atoms with E-state index in [4.69, 9.17) is 0 Å². The normalized spacial score (nSPS) is 17.1. The van der Waals surface area contributed by atoms with Crippen molar-refractivity contribution in [1.29, 1.82) is 0 Å². The second kappa shape index (κ2) is 13.2. The van der Waals surface area contributed by atoms with E-state index in [1.54, 1.807) is 23.6 Å². The molecule has 1 aliphatic heterocycles. The van der Waals surface area contributed by atoms with Crippen LogP contribution >= 0.6 is 0 Å². The Morgan fingerprint density at radius 2 is 1.24 bits per heavy atom. The Morgan fingerprint density at radius 3 is 1.61 bits per heavy atom. The summed E-state index contributed by atoms with van der Waals surface area (Å²) in [5.74, 6) is -4.72. The van der Waals surface area contributed by atoms with E-state index < -0.39 is 42.5 Å². The van der Waals surface area contributed by atoms with E-state index in [2.05, 4.69) is 0 Å². The first-order chi connectivity index (χ1) is 15.3. The zero-order valence-corrected chi connectivity index (χ0v) is 19.2. The monoisotopic (exact) mass is 473 g/mol. The zero-order valence-electron chi connectivity index (χ0n) is 19.2. The molecule has 0 unspecified atom stereocenters. The molecule has 188 valence electrons. The molecule has 4 N–H and O–H groups in total. The van der Waals surface area contributed by atoms with E-state index in [9.17, 15) is 44.4 Å². The van der Waals surface area contributed by atoms with Crippen LogP contribution in [0.5, 0.6) is 0 Å². The topological polar surface area (TPSA) is 176 Å². The van der Waals surface area contributed by atoms with Gasteiger partial charge < -0.3 is 20.4 Å². The van der Waals surface area contributed by atoms with Crippen molar-refractivity contribution in [3.8, 4) is 0 Å². The van der Waals surface area contributed by atoms with Crippen molar-refractivity contribution in [2.75, 3.05) is 52.4 Å². The first-order valence-corrected chi connectivity index (χ1v) is 10.9. The van der Waals surface area contributed by atoms with E-state index in [-0.39, 0.29) is 57.4 Å². The van der Waals surface area contributed by atoms with Gasteiger partial charge in [0.05, 0.1) is 26.2 Å². The largest absolute Gasteiger partial charge is 0.480 e. The molecule has 1 rings (SSSR count). The molecule has 0 saturated carbocycles. The van der Waals surface area contributed by atoms with Gasteiger partial charge in [-0.2, -0.15) is 0 Å². The van der Waals surface area contributed by atoms with E-state index >= 15 is 0 Å². The number of carbonyl (C=O) groups is 5. The summed E-state index contributed by atoms with van der Waals surface area (Å²) in [5.41, 5.74) is -1.13. The Labute approximate surface area is 192 Å².